The minimum Gasteiger partial charge on any atom is -0.325 e. The lowest BCUT2D eigenvalue weighted by Crippen LogP contribution is -2.24. The zero-order valence-electron chi connectivity index (χ0n) is 11.3. The number of hydrogen-bond donors (Lipinski definition) is 2. The van der Waals surface area contributed by atoms with E-state index in [1.807, 2.05) is 6.92 Å². The highest BCUT2D eigenvalue weighted by atomic mass is 35.5. The molecule has 2 rings (SSSR count). The third-order valence-electron chi connectivity index (χ3n) is 3.07. The third kappa shape index (κ3) is 2.97. The maximum Gasteiger partial charge on any atom is 0.249 e. The second-order valence-corrected chi connectivity index (χ2v) is 4.88. The van der Waals surface area contributed by atoms with E-state index in [9.17, 15) is 4.79 Å². The number of benzene rings is 1. The summed E-state index contributed by atoms with van der Waals surface area (Å²) in [4.78, 5) is 12.2. The van der Waals surface area contributed by atoms with E-state index in [-0.39, 0.29) is 5.91 Å². The Bertz CT molecular complexity index is 625. The van der Waals surface area contributed by atoms with Gasteiger partial charge in [-0.05, 0) is 31.5 Å². The van der Waals surface area contributed by atoms with Crippen LogP contribution < -0.4 is 11.1 Å². The van der Waals surface area contributed by atoms with Crippen LogP contribution in [0.5, 0.6) is 0 Å². The molecule has 0 radical (unpaired) electrons. The van der Waals surface area contributed by atoms with Crippen molar-refractivity contribution in [2.45, 2.75) is 26.4 Å². The number of rotatable bonds is 4. The molecule has 20 heavy (non-hydrogen) atoms. The zero-order valence-corrected chi connectivity index (χ0v) is 12.1. The van der Waals surface area contributed by atoms with Crippen LogP contribution in [0, 0.1) is 6.92 Å². The molecule has 1 heterocycles. The number of anilines is 1. The lowest BCUT2D eigenvalue weighted by atomic mass is 10.2. The van der Waals surface area contributed by atoms with Crippen molar-refractivity contribution >= 4 is 23.2 Å². The SMILES string of the molecule is Cc1c(Cl)cccc1NC(=O)C(C)n1cc(CN)nn1. The maximum atomic E-state index is 12.2. The van der Waals surface area contributed by atoms with Crippen molar-refractivity contribution in [2.24, 2.45) is 5.73 Å². The number of aromatic nitrogens is 3. The Morgan fingerprint density at radius 3 is 2.95 bits per heavy atom. The summed E-state index contributed by atoms with van der Waals surface area (Å²) in [6, 6.07) is 4.89. The van der Waals surface area contributed by atoms with Crippen LogP contribution >= 0.6 is 11.6 Å². The second-order valence-electron chi connectivity index (χ2n) is 4.47. The molecule has 1 aromatic heterocycles. The smallest absolute Gasteiger partial charge is 0.249 e. The minimum absolute atomic E-state index is 0.191. The van der Waals surface area contributed by atoms with Crippen molar-refractivity contribution < 1.29 is 4.79 Å². The average molecular weight is 294 g/mol. The first-order valence-corrected chi connectivity index (χ1v) is 6.57. The lowest BCUT2D eigenvalue weighted by Gasteiger charge is -2.14. The van der Waals surface area contributed by atoms with Gasteiger partial charge in [-0.25, -0.2) is 4.68 Å². The van der Waals surface area contributed by atoms with E-state index in [1.165, 1.54) is 4.68 Å². The molecule has 0 saturated heterocycles. The standard InChI is InChI=1S/C13H16ClN5O/c1-8-11(14)4-3-5-12(8)16-13(20)9(2)19-7-10(6-15)17-18-19/h3-5,7,9H,6,15H2,1-2H3,(H,16,20). The van der Waals surface area contributed by atoms with E-state index in [0.29, 0.717) is 22.9 Å². The fourth-order valence-electron chi connectivity index (χ4n) is 1.70. The molecule has 6 nitrogen and oxygen atoms in total. The molecule has 0 fully saturated rings. The number of nitrogens with two attached hydrogens (primary N) is 1. The molecule has 0 spiro atoms. The van der Waals surface area contributed by atoms with Crippen molar-refractivity contribution in [2.75, 3.05) is 5.32 Å². The monoisotopic (exact) mass is 293 g/mol. The van der Waals surface area contributed by atoms with Crippen LogP contribution in [0.2, 0.25) is 5.02 Å². The fourth-order valence-corrected chi connectivity index (χ4v) is 1.87. The molecular formula is C13H16ClN5O. The summed E-state index contributed by atoms with van der Waals surface area (Å²) in [7, 11) is 0. The Hall–Kier alpha value is -1.92. The van der Waals surface area contributed by atoms with Crippen LogP contribution in [0.4, 0.5) is 5.69 Å². The molecule has 0 saturated carbocycles. The number of carbonyl (C=O) groups excluding carboxylic acids is 1. The molecule has 0 aliphatic carbocycles. The highest BCUT2D eigenvalue weighted by Gasteiger charge is 2.17. The number of halogens is 1. The van der Waals surface area contributed by atoms with Gasteiger partial charge in [0, 0.05) is 17.3 Å². The predicted molar refractivity (Wildman–Crippen MR) is 77.4 cm³/mol. The number of nitrogens with zero attached hydrogens (tertiary/aromatic N) is 3. The van der Waals surface area contributed by atoms with Crippen molar-refractivity contribution in [3.05, 3.63) is 40.7 Å². The number of carbonyl (C=O) groups is 1. The van der Waals surface area contributed by atoms with E-state index in [4.69, 9.17) is 17.3 Å². The minimum atomic E-state index is -0.485. The highest BCUT2D eigenvalue weighted by Crippen LogP contribution is 2.23. The molecule has 3 N–H and O–H groups in total. The van der Waals surface area contributed by atoms with E-state index in [0.717, 1.165) is 5.56 Å². The summed E-state index contributed by atoms with van der Waals surface area (Å²) in [5.74, 6) is -0.191. The van der Waals surface area contributed by atoms with Gasteiger partial charge in [-0.15, -0.1) is 5.10 Å². The highest BCUT2D eigenvalue weighted by molar-refractivity contribution is 6.31. The van der Waals surface area contributed by atoms with Crippen LogP contribution in [-0.4, -0.2) is 20.9 Å². The molecular weight excluding hydrogens is 278 g/mol. The van der Waals surface area contributed by atoms with Gasteiger partial charge in [-0.2, -0.15) is 0 Å². The van der Waals surface area contributed by atoms with E-state index < -0.39 is 6.04 Å². The van der Waals surface area contributed by atoms with Crippen LogP contribution in [0.15, 0.2) is 24.4 Å². The van der Waals surface area contributed by atoms with Gasteiger partial charge in [0.1, 0.15) is 6.04 Å². The fraction of sp³-hybridized carbons (Fsp3) is 0.308. The Balaban J connectivity index is 2.13. The summed E-state index contributed by atoms with van der Waals surface area (Å²) >= 11 is 6.02. The van der Waals surface area contributed by atoms with E-state index in [1.54, 1.807) is 31.3 Å². The third-order valence-corrected chi connectivity index (χ3v) is 3.48. The predicted octanol–water partition coefficient (Wildman–Crippen LogP) is 1.90. The van der Waals surface area contributed by atoms with E-state index in [2.05, 4.69) is 15.6 Å². The number of nitrogens with one attached hydrogen (secondary N) is 1. The van der Waals surface area contributed by atoms with Gasteiger partial charge in [0.2, 0.25) is 5.91 Å². The molecule has 1 amide bonds. The van der Waals surface area contributed by atoms with Gasteiger partial charge in [-0.3, -0.25) is 4.79 Å². The largest absolute Gasteiger partial charge is 0.325 e. The summed E-state index contributed by atoms with van der Waals surface area (Å²) < 4.78 is 1.48. The van der Waals surface area contributed by atoms with Crippen molar-refractivity contribution in [3.63, 3.8) is 0 Å². The first-order chi connectivity index (χ1) is 9.52. The summed E-state index contributed by atoms with van der Waals surface area (Å²) in [6.07, 6.45) is 1.66. The van der Waals surface area contributed by atoms with E-state index >= 15 is 0 Å². The van der Waals surface area contributed by atoms with Crippen LogP contribution in [0.1, 0.15) is 24.2 Å². The van der Waals surface area contributed by atoms with Crippen molar-refractivity contribution in [1.82, 2.24) is 15.0 Å². The van der Waals surface area contributed by atoms with Gasteiger partial charge < -0.3 is 11.1 Å². The van der Waals surface area contributed by atoms with Crippen LogP contribution in [0.25, 0.3) is 0 Å². The Morgan fingerprint density at radius 1 is 1.55 bits per heavy atom. The maximum absolute atomic E-state index is 12.2. The number of hydrogen-bond acceptors (Lipinski definition) is 4. The molecule has 2 aromatic rings. The van der Waals surface area contributed by atoms with Gasteiger partial charge in [0.25, 0.3) is 0 Å². The molecule has 1 aromatic carbocycles. The quantitative estimate of drug-likeness (QED) is 0.901. The summed E-state index contributed by atoms with van der Waals surface area (Å²) in [5.41, 5.74) is 7.63. The first-order valence-electron chi connectivity index (χ1n) is 6.19. The average Bonchev–Trinajstić information content (AvgIpc) is 2.91. The van der Waals surface area contributed by atoms with Gasteiger partial charge in [0.05, 0.1) is 11.9 Å². The van der Waals surface area contributed by atoms with Gasteiger partial charge in [-0.1, -0.05) is 22.9 Å². The molecule has 0 aliphatic rings. The molecule has 0 aliphatic heterocycles. The zero-order chi connectivity index (χ0) is 14.7. The second kappa shape index (κ2) is 6.02. The molecule has 0 bridgehead atoms. The van der Waals surface area contributed by atoms with Crippen molar-refractivity contribution in [3.8, 4) is 0 Å². The Labute approximate surface area is 121 Å². The van der Waals surface area contributed by atoms with Crippen molar-refractivity contribution in [1.29, 1.82) is 0 Å². The molecule has 106 valence electrons. The van der Waals surface area contributed by atoms with Gasteiger partial charge >= 0.3 is 0 Å². The first kappa shape index (κ1) is 14.5. The Kier molecular flexibility index (Phi) is 4.36. The molecule has 1 atom stereocenters. The normalized spacial score (nSPS) is 12.2. The summed E-state index contributed by atoms with van der Waals surface area (Å²) in [6.45, 7) is 3.89. The number of amides is 1. The topological polar surface area (TPSA) is 85.8 Å². The van der Waals surface area contributed by atoms with Crippen LogP contribution in [0.3, 0.4) is 0 Å². The molecule has 1 unspecified atom stereocenters. The summed E-state index contributed by atoms with van der Waals surface area (Å²) in [5, 5.41) is 11.2. The lowest BCUT2D eigenvalue weighted by molar-refractivity contribution is -0.119. The van der Waals surface area contributed by atoms with Crippen LogP contribution in [-0.2, 0) is 11.3 Å². The van der Waals surface area contributed by atoms with Gasteiger partial charge in [0.15, 0.2) is 0 Å². The molecule has 7 heteroatoms. The Morgan fingerprint density at radius 2 is 2.30 bits per heavy atom.